The first-order valence-electron chi connectivity index (χ1n) is 10.5. The third kappa shape index (κ3) is 4.33. The maximum atomic E-state index is 15.0. The number of halogens is 1. The van der Waals surface area contributed by atoms with E-state index in [1.807, 2.05) is 0 Å². The zero-order valence-corrected chi connectivity index (χ0v) is 17.8. The number of carbonyl (C=O) groups excluding carboxylic acids is 1. The summed E-state index contributed by atoms with van der Waals surface area (Å²) in [5, 5.41) is 26.3. The van der Waals surface area contributed by atoms with Gasteiger partial charge in [0, 0.05) is 23.5 Å². The summed E-state index contributed by atoms with van der Waals surface area (Å²) >= 11 is 0. The molecule has 2 aromatic heterocycles. The van der Waals surface area contributed by atoms with Crippen LogP contribution in [0.15, 0.2) is 55.0 Å². The predicted molar refractivity (Wildman–Crippen MR) is 116 cm³/mol. The molecule has 5 rings (SSSR count). The van der Waals surface area contributed by atoms with E-state index in [2.05, 4.69) is 20.8 Å². The van der Waals surface area contributed by atoms with Crippen molar-refractivity contribution in [3.8, 4) is 11.1 Å². The molecule has 34 heavy (non-hydrogen) atoms. The van der Waals surface area contributed by atoms with Gasteiger partial charge in [-0.2, -0.15) is 0 Å². The molecule has 1 aromatic carbocycles. The second-order valence-corrected chi connectivity index (χ2v) is 7.85. The van der Waals surface area contributed by atoms with Gasteiger partial charge >= 0.3 is 6.09 Å². The number of cyclic esters (lactones) is 1. The highest BCUT2D eigenvalue weighted by molar-refractivity contribution is 5.90. The Hall–Kier alpha value is -3.87. The first-order valence-corrected chi connectivity index (χ1v) is 10.5. The van der Waals surface area contributed by atoms with Crippen LogP contribution in [0.4, 0.5) is 14.9 Å². The topological polar surface area (TPSA) is 135 Å². The number of benzene rings is 1. The lowest BCUT2D eigenvalue weighted by Gasteiger charge is -2.14. The largest absolute Gasteiger partial charge is 0.442 e. The Balaban J connectivity index is 1.29. The van der Waals surface area contributed by atoms with Crippen LogP contribution in [-0.4, -0.2) is 67.7 Å². The van der Waals surface area contributed by atoms with E-state index in [0.29, 0.717) is 34.8 Å². The molecule has 0 unspecified atom stereocenters. The van der Waals surface area contributed by atoms with Crippen LogP contribution in [0.5, 0.6) is 0 Å². The zero-order chi connectivity index (χ0) is 23.7. The summed E-state index contributed by atoms with van der Waals surface area (Å²) in [5.74, 6) is -0.507. The Labute approximate surface area is 193 Å². The summed E-state index contributed by atoms with van der Waals surface area (Å²) in [7, 11) is 0. The Morgan fingerprint density at radius 3 is 2.88 bits per heavy atom. The molecular formula is C22H21FN6O5. The molecule has 11 nitrogen and oxygen atoms in total. The Kier molecular flexibility index (Phi) is 5.92. The minimum atomic E-state index is -1.05. The summed E-state index contributed by atoms with van der Waals surface area (Å²) in [6.07, 6.45) is 3.63. The fourth-order valence-corrected chi connectivity index (χ4v) is 3.78. The minimum absolute atomic E-state index is 0.268. The van der Waals surface area contributed by atoms with Crippen LogP contribution in [0.3, 0.4) is 0 Å². The van der Waals surface area contributed by atoms with Gasteiger partial charge in [-0.05, 0) is 30.3 Å². The number of carbonyl (C=O) groups is 1. The van der Waals surface area contributed by atoms with Crippen molar-refractivity contribution in [1.29, 1.82) is 0 Å². The number of anilines is 1. The van der Waals surface area contributed by atoms with E-state index < -0.39 is 36.8 Å². The van der Waals surface area contributed by atoms with Crippen molar-refractivity contribution in [1.82, 2.24) is 25.5 Å². The fourth-order valence-electron chi connectivity index (χ4n) is 3.78. The molecule has 1 saturated heterocycles. The van der Waals surface area contributed by atoms with Gasteiger partial charge in [0.25, 0.3) is 0 Å². The van der Waals surface area contributed by atoms with E-state index in [0.717, 1.165) is 0 Å². The molecule has 0 spiro atoms. The predicted octanol–water partition coefficient (Wildman–Crippen LogP) is 1.10. The van der Waals surface area contributed by atoms with E-state index in [-0.39, 0.29) is 6.54 Å². The molecule has 2 aliphatic heterocycles. The van der Waals surface area contributed by atoms with Crippen LogP contribution in [0.1, 0.15) is 5.69 Å². The molecule has 2 aliphatic rings. The molecular weight excluding hydrogens is 447 g/mol. The van der Waals surface area contributed by atoms with Crippen molar-refractivity contribution in [2.24, 2.45) is 0 Å². The summed E-state index contributed by atoms with van der Waals surface area (Å²) < 4.78 is 21.9. The molecule has 3 atom stereocenters. The van der Waals surface area contributed by atoms with Crippen molar-refractivity contribution in [2.45, 2.75) is 24.9 Å². The average molecular weight is 468 g/mol. The summed E-state index contributed by atoms with van der Waals surface area (Å²) in [6, 6.07) is 7.92. The quantitative estimate of drug-likeness (QED) is 0.466. The Morgan fingerprint density at radius 1 is 1.29 bits per heavy atom. The van der Waals surface area contributed by atoms with Gasteiger partial charge in [-0.3, -0.25) is 20.2 Å². The number of nitrogens with zero attached hydrogens (tertiary/aromatic N) is 5. The lowest BCUT2D eigenvalue weighted by Crippen LogP contribution is -2.29. The minimum Gasteiger partial charge on any atom is -0.442 e. The standard InChI is InChI=1S/C22H21FN6O5/c23-17-7-14(29-11-15(33-22(29)32)10-28-6-5-25-27-28)2-3-16(17)13-1-4-18(24-9-13)19-8-21(34-26-19)20(31)12-30/h1-9,15,20-21,26,30-31H,10-12H2/t15-,20-,21+/m0/s1. The van der Waals surface area contributed by atoms with Crippen LogP contribution in [-0.2, 0) is 16.1 Å². The van der Waals surface area contributed by atoms with Crippen LogP contribution in [0.25, 0.3) is 16.8 Å². The maximum Gasteiger partial charge on any atom is 0.414 e. The van der Waals surface area contributed by atoms with E-state index in [9.17, 15) is 14.3 Å². The molecule has 0 radical (unpaired) electrons. The zero-order valence-electron chi connectivity index (χ0n) is 17.8. The normalized spacial score (nSPS) is 20.7. The van der Waals surface area contributed by atoms with Gasteiger partial charge in [0.05, 0.1) is 43.0 Å². The van der Waals surface area contributed by atoms with Crippen molar-refractivity contribution in [3.05, 3.63) is 66.5 Å². The van der Waals surface area contributed by atoms with Crippen molar-refractivity contribution in [3.63, 3.8) is 0 Å². The lowest BCUT2D eigenvalue weighted by atomic mass is 10.1. The van der Waals surface area contributed by atoms with Crippen LogP contribution in [0.2, 0.25) is 0 Å². The molecule has 1 fully saturated rings. The van der Waals surface area contributed by atoms with Crippen molar-refractivity contribution >= 4 is 17.5 Å². The highest BCUT2D eigenvalue weighted by Crippen LogP contribution is 2.30. The van der Waals surface area contributed by atoms with Crippen LogP contribution < -0.4 is 10.4 Å². The molecule has 0 aliphatic carbocycles. The Morgan fingerprint density at radius 2 is 2.18 bits per heavy atom. The third-order valence-electron chi connectivity index (χ3n) is 5.55. The number of nitrogens with one attached hydrogen (secondary N) is 1. The number of aromatic nitrogens is 4. The molecule has 12 heteroatoms. The van der Waals surface area contributed by atoms with Gasteiger partial charge in [0.1, 0.15) is 24.1 Å². The van der Waals surface area contributed by atoms with E-state index >= 15 is 0 Å². The van der Waals surface area contributed by atoms with Crippen molar-refractivity contribution in [2.75, 3.05) is 18.1 Å². The molecule has 0 bridgehead atoms. The average Bonchev–Trinajstić information content (AvgIpc) is 3.61. The summed E-state index contributed by atoms with van der Waals surface area (Å²) in [6.45, 7) is 0.191. The van der Waals surface area contributed by atoms with E-state index in [1.54, 1.807) is 41.2 Å². The number of amides is 1. The fraction of sp³-hybridized carbons (Fsp3) is 0.273. The van der Waals surface area contributed by atoms with Gasteiger partial charge in [-0.1, -0.05) is 11.3 Å². The first kappa shape index (κ1) is 21.9. The number of aliphatic hydroxyl groups excluding tert-OH is 2. The molecule has 3 aromatic rings. The van der Waals surface area contributed by atoms with E-state index in [4.69, 9.17) is 14.7 Å². The maximum absolute atomic E-state index is 15.0. The van der Waals surface area contributed by atoms with Crippen LogP contribution >= 0.6 is 0 Å². The summed E-state index contributed by atoms with van der Waals surface area (Å²) in [4.78, 5) is 23.2. The number of hydrogen-bond donors (Lipinski definition) is 3. The van der Waals surface area contributed by atoms with Crippen molar-refractivity contribution < 1.29 is 29.0 Å². The highest BCUT2D eigenvalue weighted by Gasteiger charge is 2.33. The second kappa shape index (κ2) is 9.17. The third-order valence-corrected chi connectivity index (χ3v) is 5.55. The van der Waals surface area contributed by atoms with E-state index in [1.165, 1.54) is 23.4 Å². The summed E-state index contributed by atoms with van der Waals surface area (Å²) in [5.41, 5.74) is 5.00. The first-order chi connectivity index (χ1) is 16.5. The molecule has 1 amide bonds. The molecule has 0 saturated carbocycles. The van der Waals surface area contributed by atoms with Gasteiger partial charge in [-0.25, -0.2) is 13.9 Å². The SMILES string of the molecule is O=C1O[C@@H](Cn2ccnn2)CN1c1ccc(-c2ccc(C3=C[C@H]([C@@H](O)CO)ON3)nc2)c(F)c1. The molecule has 176 valence electrons. The van der Waals surface area contributed by atoms with Gasteiger partial charge in [0.2, 0.25) is 0 Å². The number of hydroxylamine groups is 1. The van der Waals surface area contributed by atoms with Gasteiger partial charge < -0.3 is 14.9 Å². The highest BCUT2D eigenvalue weighted by atomic mass is 19.1. The van der Waals surface area contributed by atoms with Gasteiger partial charge in [0.15, 0.2) is 0 Å². The number of rotatable bonds is 7. The molecule has 3 N–H and O–H groups in total. The number of aliphatic hydroxyl groups is 2. The number of ether oxygens (including phenoxy) is 1. The molecule has 4 heterocycles. The monoisotopic (exact) mass is 468 g/mol. The number of pyridine rings is 1. The second-order valence-electron chi connectivity index (χ2n) is 7.85. The Bertz CT molecular complexity index is 1200. The lowest BCUT2D eigenvalue weighted by molar-refractivity contribution is -0.0484. The van der Waals surface area contributed by atoms with Gasteiger partial charge in [-0.15, -0.1) is 5.10 Å². The van der Waals surface area contributed by atoms with Crippen LogP contribution in [0, 0.1) is 5.82 Å². The smallest absolute Gasteiger partial charge is 0.414 e. The number of hydrogen-bond acceptors (Lipinski definition) is 9.